The highest BCUT2D eigenvalue weighted by Crippen LogP contribution is 2.31. The monoisotopic (exact) mass is 376 g/mol. The van der Waals surface area contributed by atoms with Crippen molar-refractivity contribution in [2.24, 2.45) is 0 Å². The molecule has 0 unspecified atom stereocenters. The molecule has 0 fully saturated rings. The maximum atomic E-state index is 6.15. The fourth-order valence-electron chi connectivity index (χ4n) is 2.34. The molecule has 0 aliphatic heterocycles. The highest BCUT2D eigenvalue weighted by atomic mass is 35.5. The predicted molar refractivity (Wildman–Crippen MR) is 99.7 cm³/mol. The van der Waals surface area contributed by atoms with Crippen molar-refractivity contribution in [3.8, 4) is 22.9 Å². The summed E-state index contributed by atoms with van der Waals surface area (Å²) in [6, 6.07) is 13.0. The van der Waals surface area contributed by atoms with Gasteiger partial charge in [-0.15, -0.1) is 10.2 Å². The Labute approximate surface area is 154 Å². The summed E-state index contributed by atoms with van der Waals surface area (Å²) in [4.78, 5) is 0. The normalized spacial score (nSPS) is 10.7. The minimum Gasteiger partial charge on any atom is -0.497 e. The zero-order valence-electron chi connectivity index (χ0n) is 13.8. The summed E-state index contributed by atoms with van der Waals surface area (Å²) in [6.07, 6.45) is 0. The van der Waals surface area contributed by atoms with E-state index in [4.69, 9.17) is 26.9 Å². The summed E-state index contributed by atoms with van der Waals surface area (Å²) < 4.78 is 12.1. The average molecular weight is 377 g/mol. The summed E-state index contributed by atoms with van der Waals surface area (Å²) in [6.45, 7) is 0. The largest absolute Gasteiger partial charge is 0.497 e. The number of thioether (sulfide) groups is 1. The minimum absolute atomic E-state index is 0.558. The lowest BCUT2D eigenvalue weighted by atomic mass is 10.2. The van der Waals surface area contributed by atoms with Gasteiger partial charge in [0.25, 0.3) is 0 Å². The quantitative estimate of drug-likeness (QED) is 0.523. The number of nitrogen functional groups attached to an aromatic ring is 1. The molecule has 1 heterocycles. The first-order valence-electron chi connectivity index (χ1n) is 7.42. The molecule has 2 aromatic carbocycles. The van der Waals surface area contributed by atoms with Crippen molar-refractivity contribution in [2.45, 2.75) is 10.9 Å². The Hall–Kier alpha value is -2.38. The van der Waals surface area contributed by atoms with Crippen molar-refractivity contribution in [1.82, 2.24) is 14.9 Å². The van der Waals surface area contributed by atoms with Gasteiger partial charge in [0, 0.05) is 21.9 Å². The molecular weight excluding hydrogens is 360 g/mol. The van der Waals surface area contributed by atoms with Gasteiger partial charge in [-0.2, -0.15) is 0 Å². The Morgan fingerprint density at radius 2 is 1.96 bits per heavy atom. The predicted octanol–water partition coefficient (Wildman–Crippen LogP) is 3.62. The Bertz CT molecular complexity index is 885. The molecule has 0 radical (unpaired) electrons. The molecule has 3 aromatic rings. The van der Waals surface area contributed by atoms with Crippen LogP contribution in [0, 0.1) is 0 Å². The van der Waals surface area contributed by atoms with Crippen molar-refractivity contribution < 1.29 is 9.47 Å². The van der Waals surface area contributed by atoms with E-state index in [9.17, 15) is 0 Å². The van der Waals surface area contributed by atoms with Crippen LogP contribution in [-0.2, 0) is 5.75 Å². The van der Waals surface area contributed by atoms with Crippen LogP contribution in [0.5, 0.6) is 11.5 Å². The SMILES string of the molecule is COc1ccc(OC)c(CSc2nnc(-c3cccc(Cl)c3)n2N)c1. The maximum absolute atomic E-state index is 6.15. The first kappa shape index (κ1) is 17.4. The molecule has 25 heavy (non-hydrogen) atoms. The third-order valence-corrected chi connectivity index (χ3v) is 4.82. The van der Waals surface area contributed by atoms with E-state index < -0.39 is 0 Å². The first-order valence-corrected chi connectivity index (χ1v) is 8.79. The lowest BCUT2D eigenvalue weighted by molar-refractivity contribution is 0.400. The van der Waals surface area contributed by atoms with E-state index >= 15 is 0 Å². The second-order valence-corrected chi connectivity index (χ2v) is 6.53. The molecule has 1 aromatic heterocycles. The number of ether oxygens (including phenoxy) is 2. The van der Waals surface area contributed by atoms with Gasteiger partial charge in [0.15, 0.2) is 5.82 Å². The van der Waals surface area contributed by atoms with E-state index in [0.717, 1.165) is 22.6 Å². The number of halogens is 1. The molecule has 2 N–H and O–H groups in total. The fourth-order valence-corrected chi connectivity index (χ4v) is 3.36. The summed E-state index contributed by atoms with van der Waals surface area (Å²) in [5, 5.41) is 9.56. The molecule has 0 aliphatic carbocycles. The van der Waals surface area contributed by atoms with Gasteiger partial charge < -0.3 is 15.3 Å². The third-order valence-electron chi connectivity index (χ3n) is 3.59. The maximum Gasteiger partial charge on any atom is 0.210 e. The van der Waals surface area contributed by atoms with Crippen LogP contribution in [-0.4, -0.2) is 29.1 Å². The van der Waals surface area contributed by atoms with Gasteiger partial charge in [0.1, 0.15) is 11.5 Å². The highest BCUT2D eigenvalue weighted by Gasteiger charge is 2.14. The summed E-state index contributed by atoms with van der Waals surface area (Å²) in [5.41, 5.74) is 1.80. The fraction of sp³-hybridized carbons (Fsp3) is 0.176. The van der Waals surface area contributed by atoms with Crippen LogP contribution < -0.4 is 15.3 Å². The summed E-state index contributed by atoms with van der Waals surface area (Å²) in [7, 11) is 3.27. The molecule has 130 valence electrons. The topological polar surface area (TPSA) is 75.2 Å². The smallest absolute Gasteiger partial charge is 0.210 e. The van der Waals surface area contributed by atoms with Gasteiger partial charge in [-0.25, -0.2) is 4.68 Å². The molecule has 0 saturated carbocycles. The van der Waals surface area contributed by atoms with Crippen molar-refractivity contribution in [3.05, 3.63) is 53.1 Å². The van der Waals surface area contributed by atoms with Gasteiger partial charge in [-0.3, -0.25) is 0 Å². The number of hydrogen-bond acceptors (Lipinski definition) is 6. The van der Waals surface area contributed by atoms with Crippen molar-refractivity contribution in [3.63, 3.8) is 0 Å². The number of hydrogen-bond donors (Lipinski definition) is 1. The van der Waals surface area contributed by atoms with Gasteiger partial charge >= 0.3 is 0 Å². The summed E-state index contributed by atoms with van der Waals surface area (Å²) in [5.74, 6) is 8.87. The van der Waals surface area contributed by atoms with Gasteiger partial charge in [0.05, 0.1) is 14.2 Å². The van der Waals surface area contributed by atoms with E-state index in [1.165, 1.54) is 16.4 Å². The lowest BCUT2D eigenvalue weighted by Gasteiger charge is -2.10. The van der Waals surface area contributed by atoms with Crippen LogP contribution in [0.4, 0.5) is 0 Å². The molecule has 8 heteroatoms. The zero-order valence-corrected chi connectivity index (χ0v) is 15.3. The van der Waals surface area contributed by atoms with Crippen molar-refractivity contribution in [1.29, 1.82) is 0 Å². The Balaban J connectivity index is 1.81. The number of benzene rings is 2. The number of nitrogens with two attached hydrogens (primary N) is 1. The molecule has 0 bridgehead atoms. The van der Waals surface area contributed by atoms with E-state index in [1.807, 2.05) is 30.3 Å². The molecule has 0 saturated heterocycles. The van der Waals surface area contributed by atoms with Crippen LogP contribution in [0.25, 0.3) is 11.4 Å². The molecule has 0 spiro atoms. The standard InChI is InChI=1S/C17H17ClN4O2S/c1-23-14-6-7-15(24-2)12(9-14)10-25-17-21-20-16(22(17)19)11-4-3-5-13(18)8-11/h3-9H,10,19H2,1-2H3. The molecule has 0 aliphatic rings. The van der Waals surface area contributed by atoms with E-state index in [0.29, 0.717) is 21.8 Å². The number of nitrogens with zero attached hydrogens (tertiary/aromatic N) is 3. The van der Waals surface area contributed by atoms with Crippen LogP contribution in [0.15, 0.2) is 47.6 Å². The Morgan fingerprint density at radius 1 is 1.12 bits per heavy atom. The van der Waals surface area contributed by atoms with Gasteiger partial charge in [-0.1, -0.05) is 35.5 Å². The zero-order chi connectivity index (χ0) is 17.8. The van der Waals surface area contributed by atoms with E-state index in [1.54, 1.807) is 26.4 Å². The van der Waals surface area contributed by atoms with Crippen molar-refractivity contribution >= 4 is 23.4 Å². The van der Waals surface area contributed by atoms with Crippen LogP contribution in [0.3, 0.4) is 0 Å². The van der Waals surface area contributed by atoms with E-state index in [-0.39, 0.29) is 0 Å². The van der Waals surface area contributed by atoms with E-state index in [2.05, 4.69) is 10.2 Å². The number of aromatic nitrogens is 3. The molecule has 0 atom stereocenters. The molecule has 3 rings (SSSR count). The van der Waals surface area contributed by atoms with Gasteiger partial charge in [0.2, 0.25) is 5.16 Å². The van der Waals surface area contributed by atoms with Crippen molar-refractivity contribution in [2.75, 3.05) is 20.1 Å². The summed E-state index contributed by atoms with van der Waals surface area (Å²) >= 11 is 7.49. The number of methoxy groups -OCH3 is 2. The molecule has 6 nitrogen and oxygen atoms in total. The second-order valence-electron chi connectivity index (χ2n) is 5.15. The Kier molecular flexibility index (Phi) is 5.35. The van der Waals surface area contributed by atoms with Crippen LogP contribution in [0.2, 0.25) is 5.02 Å². The molecule has 0 amide bonds. The average Bonchev–Trinajstić information content (AvgIpc) is 3.00. The van der Waals surface area contributed by atoms with Crippen LogP contribution in [0.1, 0.15) is 5.56 Å². The number of rotatable bonds is 6. The minimum atomic E-state index is 0.558. The van der Waals surface area contributed by atoms with Gasteiger partial charge in [-0.05, 0) is 30.3 Å². The highest BCUT2D eigenvalue weighted by molar-refractivity contribution is 7.98. The third kappa shape index (κ3) is 3.83. The Morgan fingerprint density at radius 3 is 2.68 bits per heavy atom. The first-order chi connectivity index (χ1) is 12.1. The molecular formula is C17H17ClN4O2S. The lowest BCUT2D eigenvalue weighted by Crippen LogP contribution is -2.11. The second kappa shape index (κ2) is 7.67. The van der Waals surface area contributed by atoms with Crippen LogP contribution >= 0.6 is 23.4 Å².